The number of hydroxylamine groups is 2. The smallest absolute Gasteiger partial charge is 0.429 e. The van der Waals surface area contributed by atoms with E-state index in [-0.39, 0.29) is 12.8 Å². The van der Waals surface area contributed by atoms with Crippen LogP contribution in [0.1, 0.15) is 25.7 Å². The Morgan fingerprint density at radius 2 is 1.76 bits per heavy atom. The maximum atomic E-state index is 12.4. The van der Waals surface area contributed by atoms with Gasteiger partial charge in [0.2, 0.25) is 0 Å². The second kappa shape index (κ2) is 3.94. The van der Waals surface area contributed by atoms with Gasteiger partial charge in [-0.2, -0.15) is 0 Å². The van der Waals surface area contributed by atoms with Crippen molar-refractivity contribution in [1.82, 2.24) is 5.06 Å². The number of carbonyl (C=O) groups excluding carboxylic acids is 3. The van der Waals surface area contributed by atoms with Crippen LogP contribution in [-0.4, -0.2) is 35.1 Å². The minimum Gasteiger partial charge on any atom is -0.429 e. The van der Waals surface area contributed by atoms with Crippen LogP contribution in [0.3, 0.4) is 0 Å². The second-order valence-electron chi connectivity index (χ2n) is 3.93. The van der Waals surface area contributed by atoms with Gasteiger partial charge < -0.3 is 4.74 Å². The highest BCUT2D eigenvalue weighted by Gasteiger charge is 2.48. The van der Waals surface area contributed by atoms with E-state index in [1.54, 1.807) is 0 Å². The Bertz CT molecular complexity index is 360. The van der Waals surface area contributed by atoms with Crippen LogP contribution in [-0.2, 0) is 19.2 Å². The summed E-state index contributed by atoms with van der Waals surface area (Å²) in [6.45, 7) is 0. The quantitative estimate of drug-likeness (QED) is 0.539. The molecule has 0 unspecified atom stereocenters. The lowest BCUT2D eigenvalue weighted by Crippen LogP contribution is -2.43. The molecule has 1 aliphatic heterocycles. The number of hydrogen-bond acceptors (Lipinski definition) is 5. The van der Waals surface area contributed by atoms with Gasteiger partial charge in [0.25, 0.3) is 17.7 Å². The summed E-state index contributed by atoms with van der Waals surface area (Å²) in [5.74, 6) is -4.11. The molecule has 2 rings (SSSR count). The van der Waals surface area contributed by atoms with Gasteiger partial charge in [-0.05, 0) is 0 Å². The molecule has 1 heterocycles. The zero-order valence-electron chi connectivity index (χ0n) is 8.65. The first-order chi connectivity index (χ1) is 7.87. The van der Waals surface area contributed by atoms with Crippen molar-refractivity contribution in [2.45, 2.75) is 37.7 Å². The molecule has 0 bridgehead atoms. The van der Waals surface area contributed by atoms with E-state index >= 15 is 0 Å². The highest BCUT2D eigenvalue weighted by atomic mass is 19.3. The predicted molar refractivity (Wildman–Crippen MR) is 46.6 cm³/mol. The molecule has 8 heteroatoms. The molecule has 6 nitrogen and oxygen atoms in total. The topological polar surface area (TPSA) is 72.9 Å². The Morgan fingerprint density at radius 1 is 1.24 bits per heavy atom. The van der Waals surface area contributed by atoms with E-state index in [4.69, 9.17) is 0 Å². The molecule has 17 heavy (non-hydrogen) atoms. The summed E-state index contributed by atoms with van der Waals surface area (Å²) in [4.78, 5) is 37.5. The maximum Gasteiger partial charge on any atom is 0.534 e. The van der Waals surface area contributed by atoms with E-state index < -0.39 is 42.8 Å². The summed E-state index contributed by atoms with van der Waals surface area (Å²) in [6, 6.07) is 0. The summed E-state index contributed by atoms with van der Waals surface area (Å²) in [7, 11) is 0. The van der Waals surface area contributed by atoms with Gasteiger partial charge in [0.05, 0.1) is 0 Å². The molecule has 0 radical (unpaired) electrons. The Morgan fingerprint density at radius 3 is 2.24 bits per heavy atom. The molecule has 0 N–H and O–H groups in total. The molecule has 0 aromatic carbocycles. The number of rotatable bonds is 2. The number of halogens is 2. The van der Waals surface area contributed by atoms with E-state index in [1.165, 1.54) is 0 Å². The average molecular weight is 249 g/mol. The molecule has 0 spiro atoms. The zero-order chi connectivity index (χ0) is 12.6. The van der Waals surface area contributed by atoms with Crippen LogP contribution in [0, 0.1) is 0 Å². The van der Waals surface area contributed by atoms with Crippen LogP contribution in [0.25, 0.3) is 0 Å². The van der Waals surface area contributed by atoms with Crippen molar-refractivity contribution in [3.05, 3.63) is 0 Å². The van der Waals surface area contributed by atoms with Gasteiger partial charge in [-0.15, -0.1) is 0 Å². The highest BCUT2D eigenvalue weighted by molar-refractivity contribution is 6.01. The number of imide groups is 1. The zero-order valence-corrected chi connectivity index (χ0v) is 8.65. The van der Waals surface area contributed by atoms with E-state index in [0.29, 0.717) is 5.06 Å². The van der Waals surface area contributed by atoms with Crippen LogP contribution < -0.4 is 0 Å². The number of nitrogens with zero attached hydrogens (tertiary/aromatic N) is 1. The van der Waals surface area contributed by atoms with Gasteiger partial charge in [-0.25, -0.2) is 13.6 Å². The summed E-state index contributed by atoms with van der Waals surface area (Å²) in [5.41, 5.74) is 0. The monoisotopic (exact) mass is 249 g/mol. The molecule has 0 aromatic heterocycles. The van der Waals surface area contributed by atoms with Crippen molar-refractivity contribution in [3.8, 4) is 0 Å². The number of ether oxygens (including phenoxy) is 1. The molecular weight excluding hydrogens is 240 g/mol. The first-order valence-corrected chi connectivity index (χ1v) is 4.99. The van der Waals surface area contributed by atoms with Gasteiger partial charge >= 0.3 is 6.16 Å². The van der Waals surface area contributed by atoms with Gasteiger partial charge in [-0.3, -0.25) is 14.4 Å². The molecule has 1 aliphatic carbocycles. The molecule has 1 saturated heterocycles. The molecule has 0 atom stereocenters. The van der Waals surface area contributed by atoms with Crippen molar-refractivity contribution in [3.63, 3.8) is 0 Å². The Labute approximate surface area is 94.4 Å². The first-order valence-electron chi connectivity index (χ1n) is 4.99. The third kappa shape index (κ3) is 2.51. The number of amides is 2. The van der Waals surface area contributed by atoms with Crippen molar-refractivity contribution in [2.75, 3.05) is 0 Å². The standard InChI is InChI=1S/C9H9F2NO5/c10-9(11)3-5(4-9)16-8(15)17-12-6(13)1-2-7(12)14/h5H,1-4H2. The summed E-state index contributed by atoms with van der Waals surface area (Å²) in [6.07, 6.45) is -3.44. The van der Waals surface area contributed by atoms with Crippen molar-refractivity contribution in [1.29, 1.82) is 0 Å². The molecule has 2 amide bonds. The average Bonchev–Trinajstić information content (AvgIpc) is 2.46. The molecule has 2 fully saturated rings. The van der Waals surface area contributed by atoms with E-state index in [2.05, 4.69) is 9.57 Å². The second-order valence-corrected chi connectivity index (χ2v) is 3.93. The first kappa shape index (κ1) is 11.7. The normalized spacial score (nSPS) is 23.5. The van der Waals surface area contributed by atoms with Crippen LogP contribution >= 0.6 is 0 Å². The van der Waals surface area contributed by atoms with Crippen LogP contribution in [0.4, 0.5) is 13.6 Å². The minimum atomic E-state index is -2.82. The third-order valence-electron chi connectivity index (χ3n) is 2.49. The van der Waals surface area contributed by atoms with Crippen LogP contribution in [0.15, 0.2) is 0 Å². The van der Waals surface area contributed by atoms with E-state index in [9.17, 15) is 23.2 Å². The van der Waals surface area contributed by atoms with Gasteiger partial charge in [0.15, 0.2) is 0 Å². The van der Waals surface area contributed by atoms with Gasteiger partial charge in [0, 0.05) is 25.7 Å². The van der Waals surface area contributed by atoms with Gasteiger partial charge in [-0.1, -0.05) is 5.06 Å². The van der Waals surface area contributed by atoms with E-state index in [1.807, 2.05) is 0 Å². The summed E-state index contributed by atoms with van der Waals surface area (Å²) >= 11 is 0. The minimum absolute atomic E-state index is 0.0341. The number of alkyl halides is 2. The molecule has 2 aliphatic rings. The lowest BCUT2D eigenvalue weighted by atomic mass is 9.91. The largest absolute Gasteiger partial charge is 0.534 e. The molecule has 1 saturated carbocycles. The van der Waals surface area contributed by atoms with Crippen molar-refractivity contribution in [2.24, 2.45) is 0 Å². The van der Waals surface area contributed by atoms with E-state index in [0.717, 1.165) is 0 Å². The molecule has 0 aromatic rings. The Kier molecular flexibility index (Phi) is 2.72. The van der Waals surface area contributed by atoms with Gasteiger partial charge in [0.1, 0.15) is 6.10 Å². The Hall–Kier alpha value is -1.73. The Balaban J connectivity index is 1.78. The maximum absolute atomic E-state index is 12.4. The van der Waals surface area contributed by atoms with Crippen molar-refractivity contribution < 1.29 is 32.7 Å². The molecule has 94 valence electrons. The summed E-state index contributed by atoms with van der Waals surface area (Å²) < 4.78 is 29.3. The lowest BCUT2D eigenvalue weighted by molar-refractivity contribution is -0.191. The number of hydrogen-bond donors (Lipinski definition) is 0. The fourth-order valence-electron chi connectivity index (χ4n) is 1.58. The lowest BCUT2D eigenvalue weighted by Gasteiger charge is -2.33. The third-order valence-corrected chi connectivity index (χ3v) is 2.49. The predicted octanol–water partition coefficient (Wildman–Crippen LogP) is 1.00. The SMILES string of the molecule is O=C(OC1CC(F)(F)C1)ON1C(=O)CCC1=O. The summed E-state index contributed by atoms with van der Waals surface area (Å²) in [5, 5.41) is 0.305. The fraction of sp³-hybridized carbons (Fsp3) is 0.667. The van der Waals surface area contributed by atoms with Crippen molar-refractivity contribution >= 4 is 18.0 Å². The van der Waals surface area contributed by atoms with Crippen LogP contribution in [0.2, 0.25) is 0 Å². The fourth-order valence-corrected chi connectivity index (χ4v) is 1.58. The highest BCUT2D eigenvalue weighted by Crippen LogP contribution is 2.39. The molecular formula is C9H9F2NO5. The van der Waals surface area contributed by atoms with Crippen LogP contribution in [0.5, 0.6) is 0 Å². The number of carbonyl (C=O) groups is 3.